The summed E-state index contributed by atoms with van der Waals surface area (Å²) in [5.41, 5.74) is 0. The van der Waals surface area contributed by atoms with E-state index in [0.717, 1.165) is 0 Å². The van der Waals surface area contributed by atoms with Crippen LogP contribution < -0.4 is 0 Å². The number of hydrogen-bond acceptors (Lipinski definition) is 4. The molecule has 5 nitrogen and oxygen atoms in total. The van der Waals surface area contributed by atoms with E-state index in [2.05, 4.69) is 9.97 Å². The third kappa shape index (κ3) is 1.93. The Labute approximate surface area is 85.7 Å². The minimum Gasteiger partial charge on any atom is -0.448 e. The molecule has 0 atom stereocenters. The molecule has 1 aromatic heterocycles. The first-order chi connectivity index (χ1) is 6.75. The van der Waals surface area contributed by atoms with E-state index in [-0.39, 0.29) is 6.09 Å². The van der Waals surface area contributed by atoms with Crippen LogP contribution in [-0.4, -0.2) is 34.1 Å². The van der Waals surface area contributed by atoms with Gasteiger partial charge in [-0.1, -0.05) is 11.6 Å². The fraction of sp³-hybridized carbons (Fsp3) is 0.375. The molecule has 2 rings (SSSR count). The molecule has 0 aromatic carbocycles. The number of amides is 1. The monoisotopic (exact) mass is 213 g/mol. The van der Waals surface area contributed by atoms with Crippen LogP contribution in [0.2, 0.25) is 5.15 Å². The zero-order valence-electron chi connectivity index (χ0n) is 7.31. The Kier molecular flexibility index (Phi) is 2.49. The second-order valence-electron chi connectivity index (χ2n) is 2.83. The SMILES string of the molecule is O=C1OCCN1Cc1nccc(Cl)n1. The van der Waals surface area contributed by atoms with Gasteiger partial charge in [0, 0.05) is 6.20 Å². The van der Waals surface area contributed by atoms with Gasteiger partial charge in [0.2, 0.25) is 0 Å². The highest BCUT2D eigenvalue weighted by Crippen LogP contribution is 2.09. The number of carbonyl (C=O) groups is 1. The van der Waals surface area contributed by atoms with Gasteiger partial charge in [-0.05, 0) is 6.07 Å². The highest BCUT2D eigenvalue weighted by Gasteiger charge is 2.22. The van der Waals surface area contributed by atoms with Crippen LogP contribution in [0.25, 0.3) is 0 Å². The van der Waals surface area contributed by atoms with Gasteiger partial charge in [-0.25, -0.2) is 14.8 Å². The van der Waals surface area contributed by atoms with E-state index in [4.69, 9.17) is 16.3 Å². The average Bonchev–Trinajstić information content (AvgIpc) is 2.52. The molecule has 0 aliphatic carbocycles. The Bertz CT molecular complexity index is 358. The molecule has 0 saturated carbocycles. The Morgan fingerprint density at radius 2 is 2.50 bits per heavy atom. The smallest absolute Gasteiger partial charge is 0.410 e. The molecule has 0 radical (unpaired) electrons. The van der Waals surface area contributed by atoms with Gasteiger partial charge in [-0.3, -0.25) is 4.90 Å². The largest absolute Gasteiger partial charge is 0.448 e. The second kappa shape index (κ2) is 3.79. The predicted molar refractivity (Wildman–Crippen MR) is 48.8 cm³/mol. The average molecular weight is 214 g/mol. The van der Waals surface area contributed by atoms with Gasteiger partial charge in [0.1, 0.15) is 17.6 Å². The number of cyclic esters (lactones) is 1. The molecular formula is C8H8ClN3O2. The summed E-state index contributed by atoms with van der Waals surface area (Å²) in [7, 11) is 0. The molecule has 1 amide bonds. The van der Waals surface area contributed by atoms with E-state index in [1.54, 1.807) is 12.3 Å². The Hall–Kier alpha value is -1.36. The van der Waals surface area contributed by atoms with Gasteiger partial charge in [0.15, 0.2) is 0 Å². The molecule has 0 spiro atoms. The van der Waals surface area contributed by atoms with Gasteiger partial charge in [0.25, 0.3) is 0 Å². The lowest BCUT2D eigenvalue weighted by Gasteiger charge is -2.10. The van der Waals surface area contributed by atoms with E-state index in [9.17, 15) is 4.79 Å². The molecule has 14 heavy (non-hydrogen) atoms. The predicted octanol–water partition coefficient (Wildman–Crippen LogP) is 1.08. The molecule has 74 valence electrons. The van der Waals surface area contributed by atoms with Crippen LogP contribution in [0.3, 0.4) is 0 Å². The van der Waals surface area contributed by atoms with Crippen molar-refractivity contribution in [2.45, 2.75) is 6.54 Å². The number of nitrogens with zero attached hydrogens (tertiary/aromatic N) is 3. The first-order valence-corrected chi connectivity index (χ1v) is 4.52. The molecule has 0 bridgehead atoms. The lowest BCUT2D eigenvalue weighted by Crippen LogP contribution is -2.24. The van der Waals surface area contributed by atoms with E-state index < -0.39 is 0 Å². The molecular weight excluding hydrogens is 206 g/mol. The summed E-state index contributed by atoms with van der Waals surface area (Å²) in [6, 6.07) is 1.59. The van der Waals surface area contributed by atoms with Crippen molar-refractivity contribution < 1.29 is 9.53 Å². The maximum atomic E-state index is 11.1. The van der Waals surface area contributed by atoms with Crippen LogP contribution in [0.5, 0.6) is 0 Å². The number of halogens is 1. The molecule has 1 fully saturated rings. The Balaban J connectivity index is 2.07. The van der Waals surface area contributed by atoms with Crippen LogP contribution in [0.4, 0.5) is 4.79 Å². The zero-order chi connectivity index (χ0) is 9.97. The van der Waals surface area contributed by atoms with E-state index in [1.807, 2.05) is 0 Å². The molecule has 1 aliphatic heterocycles. The van der Waals surface area contributed by atoms with Crippen molar-refractivity contribution in [3.8, 4) is 0 Å². The summed E-state index contributed by atoms with van der Waals surface area (Å²) in [5, 5.41) is 0.377. The van der Waals surface area contributed by atoms with Gasteiger partial charge < -0.3 is 4.74 Å². The fourth-order valence-corrected chi connectivity index (χ4v) is 1.34. The third-order valence-electron chi connectivity index (χ3n) is 1.85. The molecule has 0 unspecified atom stereocenters. The first-order valence-electron chi connectivity index (χ1n) is 4.15. The molecule has 2 heterocycles. The summed E-state index contributed by atoms with van der Waals surface area (Å²) in [6.45, 7) is 1.35. The number of aromatic nitrogens is 2. The quantitative estimate of drug-likeness (QED) is 0.690. The van der Waals surface area contributed by atoms with Gasteiger partial charge >= 0.3 is 6.09 Å². The lowest BCUT2D eigenvalue weighted by atomic mass is 10.5. The zero-order valence-corrected chi connectivity index (χ0v) is 8.07. The fourth-order valence-electron chi connectivity index (χ4n) is 1.19. The Morgan fingerprint density at radius 1 is 1.64 bits per heavy atom. The van der Waals surface area contributed by atoms with Crippen molar-refractivity contribution in [2.24, 2.45) is 0 Å². The van der Waals surface area contributed by atoms with Crippen LogP contribution in [0, 0.1) is 0 Å². The summed E-state index contributed by atoms with van der Waals surface area (Å²) in [6.07, 6.45) is 1.24. The standard InChI is InChI=1S/C8H8ClN3O2/c9-6-1-2-10-7(11-6)5-12-3-4-14-8(12)13/h1-2H,3-5H2. The van der Waals surface area contributed by atoms with Gasteiger partial charge in [-0.15, -0.1) is 0 Å². The Morgan fingerprint density at radius 3 is 3.14 bits per heavy atom. The summed E-state index contributed by atoms with van der Waals surface area (Å²) < 4.78 is 4.77. The number of rotatable bonds is 2. The summed E-state index contributed by atoms with van der Waals surface area (Å²) >= 11 is 5.68. The maximum absolute atomic E-state index is 11.1. The lowest BCUT2D eigenvalue weighted by molar-refractivity contribution is 0.156. The second-order valence-corrected chi connectivity index (χ2v) is 3.22. The summed E-state index contributed by atoms with van der Waals surface area (Å²) in [5.74, 6) is 0.524. The van der Waals surface area contributed by atoms with Crippen molar-refractivity contribution in [1.82, 2.24) is 14.9 Å². The van der Waals surface area contributed by atoms with Crippen LogP contribution in [0.1, 0.15) is 5.82 Å². The highest BCUT2D eigenvalue weighted by atomic mass is 35.5. The van der Waals surface area contributed by atoms with Crippen LogP contribution in [-0.2, 0) is 11.3 Å². The van der Waals surface area contributed by atoms with Crippen molar-refractivity contribution in [3.05, 3.63) is 23.2 Å². The van der Waals surface area contributed by atoms with Crippen molar-refractivity contribution in [2.75, 3.05) is 13.2 Å². The van der Waals surface area contributed by atoms with Gasteiger partial charge in [-0.2, -0.15) is 0 Å². The number of hydrogen-bond donors (Lipinski definition) is 0. The molecule has 1 saturated heterocycles. The normalized spacial score (nSPS) is 15.8. The first kappa shape index (κ1) is 9.21. The molecule has 6 heteroatoms. The van der Waals surface area contributed by atoms with Crippen molar-refractivity contribution in [1.29, 1.82) is 0 Å². The molecule has 0 N–H and O–H groups in total. The van der Waals surface area contributed by atoms with Gasteiger partial charge in [0.05, 0.1) is 13.1 Å². The van der Waals surface area contributed by atoms with Crippen LogP contribution in [0.15, 0.2) is 12.3 Å². The number of carbonyl (C=O) groups excluding carboxylic acids is 1. The maximum Gasteiger partial charge on any atom is 0.410 e. The van der Waals surface area contributed by atoms with Crippen molar-refractivity contribution in [3.63, 3.8) is 0 Å². The van der Waals surface area contributed by atoms with E-state index in [1.165, 1.54) is 4.90 Å². The topological polar surface area (TPSA) is 55.3 Å². The van der Waals surface area contributed by atoms with Crippen molar-refractivity contribution >= 4 is 17.7 Å². The minimum atomic E-state index is -0.325. The van der Waals surface area contributed by atoms with E-state index in [0.29, 0.717) is 30.7 Å². The third-order valence-corrected chi connectivity index (χ3v) is 2.06. The van der Waals surface area contributed by atoms with Crippen LogP contribution >= 0.6 is 11.6 Å². The highest BCUT2D eigenvalue weighted by molar-refractivity contribution is 6.29. The molecule has 1 aromatic rings. The van der Waals surface area contributed by atoms with E-state index >= 15 is 0 Å². The summed E-state index contributed by atoms with van der Waals surface area (Å²) in [4.78, 5) is 20.6. The molecule has 1 aliphatic rings. The number of ether oxygens (including phenoxy) is 1. The minimum absolute atomic E-state index is 0.325.